The van der Waals surface area contributed by atoms with Gasteiger partial charge < -0.3 is 19.9 Å². The lowest BCUT2D eigenvalue weighted by molar-refractivity contribution is -0.143. The molecule has 1 aromatic carbocycles. The summed E-state index contributed by atoms with van der Waals surface area (Å²) in [6.45, 7) is 2.04. The molecular formula is C15H19NO5. The number of fused-ring (bicyclic) bond motifs is 1. The molecule has 0 bridgehead atoms. The highest BCUT2D eigenvalue weighted by Gasteiger charge is 2.30. The van der Waals surface area contributed by atoms with E-state index in [9.17, 15) is 9.59 Å². The van der Waals surface area contributed by atoms with Gasteiger partial charge in [0, 0.05) is 0 Å². The fourth-order valence-corrected chi connectivity index (χ4v) is 2.08. The second-order valence-electron chi connectivity index (χ2n) is 4.91. The number of hydrogen-bond donors (Lipinski definition) is 2. The van der Waals surface area contributed by atoms with Crippen LogP contribution in [0.5, 0.6) is 11.5 Å². The van der Waals surface area contributed by atoms with Crippen LogP contribution < -0.4 is 14.8 Å². The number of carboxylic acid groups (broad SMARTS) is 1. The van der Waals surface area contributed by atoms with Crippen molar-refractivity contribution in [3.8, 4) is 11.5 Å². The Morgan fingerprint density at radius 3 is 2.76 bits per heavy atom. The Bertz CT molecular complexity index is 517. The van der Waals surface area contributed by atoms with Gasteiger partial charge in [-0.1, -0.05) is 31.9 Å². The van der Waals surface area contributed by atoms with Crippen molar-refractivity contribution in [2.75, 3.05) is 6.61 Å². The largest absolute Gasteiger partial charge is 0.485 e. The van der Waals surface area contributed by atoms with Crippen LogP contribution in [0.2, 0.25) is 0 Å². The summed E-state index contributed by atoms with van der Waals surface area (Å²) in [6.07, 6.45) is 1.18. The van der Waals surface area contributed by atoms with E-state index in [-0.39, 0.29) is 6.61 Å². The summed E-state index contributed by atoms with van der Waals surface area (Å²) in [5.74, 6) is -0.423. The number of ether oxygens (including phenoxy) is 2. The Balaban J connectivity index is 1.96. The van der Waals surface area contributed by atoms with Crippen LogP contribution in [0.1, 0.15) is 26.2 Å². The molecule has 1 heterocycles. The molecule has 21 heavy (non-hydrogen) atoms. The quantitative estimate of drug-likeness (QED) is 0.832. The van der Waals surface area contributed by atoms with E-state index >= 15 is 0 Å². The highest BCUT2D eigenvalue weighted by atomic mass is 16.6. The molecule has 2 N–H and O–H groups in total. The average Bonchev–Trinajstić information content (AvgIpc) is 2.50. The van der Waals surface area contributed by atoms with Gasteiger partial charge in [-0.3, -0.25) is 4.79 Å². The second kappa shape index (κ2) is 6.97. The van der Waals surface area contributed by atoms with Crippen LogP contribution in [0.15, 0.2) is 24.3 Å². The van der Waals surface area contributed by atoms with Gasteiger partial charge in [0.15, 0.2) is 11.5 Å². The van der Waals surface area contributed by atoms with Gasteiger partial charge in [0.2, 0.25) is 6.10 Å². The molecule has 6 heteroatoms. The van der Waals surface area contributed by atoms with Crippen molar-refractivity contribution in [2.24, 2.45) is 0 Å². The molecule has 0 saturated heterocycles. The Morgan fingerprint density at radius 1 is 1.38 bits per heavy atom. The van der Waals surface area contributed by atoms with E-state index < -0.39 is 24.0 Å². The monoisotopic (exact) mass is 293 g/mol. The highest BCUT2D eigenvalue weighted by molar-refractivity contribution is 5.86. The minimum atomic E-state index is -1.03. The van der Waals surface area contributed by atoms with Crippen LogP contribution >= 0.6 is 0 Å². The number of carbonyl (C=O) groups is 2. The van der Waals surface area contributed by atoms with E-state index in [1.807, 2.05) is 13.0 Å². The maximum absolute atomic E-state index is 12.1. The maximum atomic E-state index is 12.1. The molecule has 6 nitrogen and oxygen atoms in total. The van der Waals surface area contributed by atoms with Gasteiger partial charge in [0.05, 0.1) is 0 Å². The molecule has 0 aromatic heterocycles. The van der Waals surface area contributed by atoms with Crippen molar-refractivity contribution in [1.29, 1.82) is 0 Å². The molecule has 114 valence electrons. The average molecular weight is 293 g/mol. The minimum absolute atomic E-state index is 0.0724. The van der Waals surface area contributed by atoms with E-state index in [0.717, 1.165) is 12.8 Å². The Kier molecular flexibility index (Phi) is 5.03. The number of unbranched alkanes of at least 4 members (excludes halogenated alkanes) is 1. The van der Waals surface area contributed by atoms with Gasteiger partial charge in [-0.15, -0.1) is 0 Å². The summed E-state index contributed by atoms with van der Waals surface area (Å²) in [7, 11) is 0. The topological polar surface area (TPSA) is 84.9 Å². The van der Waals surface area contributed by atoms with Crippen LogP contribution in [0.25, 0.3) is 0 Å². The van der Waals surface area contributed by atoms with Gasteiger partial charge in [-0.25, -0.2) is 4.79 Å². The number of aliphatic carboxylic acids is 1. The van der Waals surface area contributed by atoms with Crippen LogP contribution in [0, 0.1) is 0 Å². The lowest BCUT2D eigenvalue weighted by Crippen LogP contribution is -2.50. The molecule has 0 fully saturated rings. The summed E-state index contributed by atoms with van der Waals surface area (Å²) in [4.78, 5) is 23.2. The molecule has 1 unspecified atom stereocenters. The number of nitrogens with one attached hydrogen (secondary N) is 1. The van der Waals surface area contributed by atoms with Crippen LogP contribution in [0.3, 0.4) is 0 Å². The van der Waals surface area contributed by atoms with Crippen molar-refractivity contribution in [3.63, 3.8) is 0 Å². The van der Waals surface area contributed by atoms with Crippen LogP contribution in [0.4, 0.5) is 0 Å². The van der Waals surface area contributed by atoms with E-state index in [2.05, 4.69) is 5.32 Å². The van der Waals surface area contributed by atoms with Crippen LogP contribution in [-0.4, -0.2) is 35.7 Å². The minimum Gasteiger partial charge on any atom is -0.485 e. The molecule has 0 radical (unpaired) electrons. The number of rotatable bonds is 6. The van der Waals surface area contributed by atoms with E-state index in [1.165, 1.54) is 0 Å². The molecule has 1 aromatic rings. The molecule has 1 aliphatic heterocycles. The van der Waals surface area contributed by atoms with E-state index in [0.29, 0.717) is 17.9 Å². The molecule has 1 amide bonds. The lowest BCUT2D eigenvalue weighted by Gasteiger charge is -2.26. The van der Waals surface area contributed by atoms with Crippen molar-refractivity contribution in [3.05, 3.63) is 24.3 Å². The first kappa shape index (κ1) is 15.2. The molecular weight excluding hydrogens is 274 g/mol. The molecule has 0 spiro atoms. The summed E-state index contributed by atoms with van der Waals surface area (Å²) in [5.41, 5.74) is 0. The molecule has 0 saturated carbocycles. The van der Waals surface area contributed by atoms with Crippen molar-refractivity contribution >= 4 is 11.9 Å². The molecule has 2 rings (SSSR count). The summed E-state index contributed by atoms with van der Waals surface area (Å²) < 4.78 is 11.0. The number of hydrogen-bond acceptors (Lipinski definition) is 4. The summed E-state index contributed by atoms with van der Waals surface area (Å²) in [6, 6.07) is 6.17. The van der Waals surface area contributed by atoms with Crippen LogP contribution in [-0.2, 0) is 9.59 Å². The number of carboxylic acids is 1. The predicted molar refractivity (Wildman–Crippen MR) is 75.4 cm³/mol. The summed E-state index contributed by atoms with van der Waals surface area (Å²) in [5, 5.41) is 11.6. The fraction of sp³-hybridized carbons (Fsp3) is 0.467. The number of para-hydroxylation sites is 2. The second-order valence-corrected chi connectivity index (χ2v) is 4.91. The number of carbonyl (C=O) groups excluding carboxylic acids is 1. The lowest BCUT2D eigenvalue weighted by atomic mass is 10.1. The highest BCUT2D eigenvalue weighted by Crippen LogP contribution is 2.30. The predicted octanol–water partition coefficient (Wildman–Crippen LogP) is 1.59. The van der Waals surface area contributed by atoms with Crippen molar-refractivity contribution in [1.82, 2.24) is 5.32 Å². The standard InChI is InChI=1S/C15H19NO5/c1-2-3-6-10(15(18)19)16-14(17)13-9-20-11-7-4-5-8-12(11)21-13/h4-5,7-8,10,13H,2-3,6,9H2,1H3,(H,16,17)(H,18,19)/t10-,13?/m0/s1. The first-order valence-corrected chi connectivity index (χ1v) is 7.03. The van der Waals surface area contributed by atoms with Gasteiger partial charge in [-0.05, 0) is 18.6 Å². The zero-order valence-electron chi connectivity index (χ0n) is 11.9. The van der Waals surface area contributed by atoms with Gasteiger partial charge in [0.1, 0.15) is 12.6 Å². The first-order valence-electron chi connectivity index (χ1n) is 7.03. The van der Waals surface area contributed by atoms with E-state index in [4.69, 9.17) is 14.6 Å². The molecule has 2 atom stereocenters. The van der Waals surface area contributed by atoms with Crippen molar-refractivity contribution < 1.29 is 24.2 Å². The van der Waals surface area contributed by atoms with Crippen molar-refractivity contribution in [2.45, 2.75) is 38.3 Å². The fourth-order valence-electron chi connectivity index (χ4n) is 2.08. The molecule has 0 aliphatic carbocycles. The van der Waals surface area contributed by atoms with Gasteiger partial charge in [-0.2, -0.15) is 0 Å². The zero-order chi connectivity index (χ0) is 15.2. The molecule has 1 aliphatic rings. The Hall–Kier alpha value is -2.24. The summed E-state index contributed by atoms with van der Waals surface area (Å²) >= 11 is 0. The van der Waals surface area contributed by atoms with Gasteiger partial charge >= 0.3 is 5.97 Å². The smallest absolute Gasteiger partial charge is 0.326 e. The number of amides is 1. The SMILES string of the molecule is CCCC[C@H](NC(=O)C1COc2ccccc2O1)C(=O)O. The van der Waals surface area contributed by atoms with Gasteiger partial charge in [0.25, 0.3) is 5.91 Å². The zero-order valence-corrected chi connectivity index (χ0v) is 11.9. The first-order chi connectivity index (χ1) is 10.1. The Morgan fingerprint density at radius 2 is 2.10 bits per heavy atom. The normalized spacial score (nSPS) is 17.9. The number of benzene rings is 1. The maximum Gasteiger partial charge on any atom is 0.326 e. The third-order valence-corrected chi connectivity index (χ3v) is 3.26. The Labute approximate surface area is 123 Å². The third kappa shape index (κ3) is 3.87. The third-order valence-electron chi connectivity index (χ3n) is 3.26. The van der Waals surface area contributed by atoms with E-state index in [1.54, 1.807) is 18.2 Å².